The van der Waals surface area contributed by atoms with Crippen molar-refractivity contribution in [2.45, 2.75) is 6.92 Å². The Hall–Kier alpha value is -3.26. The largest absolute Gasteiger partial charge is 0.476 e. The summed E-state index contributed by atoms with van der Waals surface area (Å²) in [6.45, 7) is 1.96. The lowest BCUT2D eigenvalue weighted by molar-refractivity contribution is -0.384. The highest BCUT2D eigenvalue weighted by molar-refractivity contribution is 6.34. The summed E-state index contributed by atoms with van der Waals surface area (Å²) in [4.78, 5) is 23.0. The maximum Gasteiger partial charge on any atom is 0.284 e. The number of anilines is 1. The Labute approximate surface area is 158 Å². The molecule has 138 valence electrons. The SMILES string of the molecule is CCOC1=NN(c2ccc([N+](=O)[O-])cc2)C(=O)/C1=C\c1c(F)cccc1Cl. The van der Waals surface area contributed by atoms with E-state index in [0.717, 1.165) is 5.01 Å². The summed E-state index contributed by atoms with van der Waals surface area (Å²) in [5, 5.41) is 16.1. The van der Waals surface area contributed by atoms with Crippen LogP contribution >= 0.6 is 11.6 Å². The number of rotatable bonds is 4. The Balaban J connectivity index is 2.02. The first-order chi connectivity index (χ1) is 12.9. The topological polar surface area (TPSA) is 85.0 Å². The molecule has 0 saturated heterocycles. The molecule has 1 heterocycles. The second kappa shape index (κ2) is 7.55. The quantitative estimate of drug-likeness (QED) is 0.446. The molecule has 3 rings (SSSR count). The second-order valence-electron chi connectivity index (χ2n) is 5.42. The Morgan fingerprint density at radius 1 is 1.30 bits per heavy atom. The van der Waals surface area contributed by atoms with E-state index in [1.165, 1.54) is 48.5 Å². The van der Waals surface area contributed by atoms with Crippen LogP contribution in [0.3, 0.4) is 0 Å². The van der Waals surface area contributed by atoms with Gasteiger partial charge in [-0.3, -0.25) is 14.9 Å². The summed E-state index contributed by atoms with van der Waals surface area (Å²) >= 11 is 6.03. The molecule has 2 aromatic rings. The second-order valence-corrected chi connectivity index (χ2v) is 5.83. The molecule has 0 saturated carbocycles. The van der Waals surface area contributed by atoms with Gasteiger partial charge < -0.3 is 4.74 Å². The van der Waals surface area contributed by atoms with Gasteiger partial charge in [-0.05, 0) is 37.3 Å². The molecule has 0 aromatic heterocycles. The number of nitrogens with zero attached hydrogens (tertiary/aromatic N) is 3. The fourth-order valence-electron chi connectivity index (χ4n) is 2.45. The summed E-state index contributed by atoms with van der Waals surface area (Å²) in [6.07, 6.45) is 1.28. The molecule has 0 N–H and O–H groups in total. The van der Waals surface area contributed by atoms with Crippen LogP contribution in [0, 0.1) is 15.9 Å². The van der Waals surface area contributed by atoms with Crippen molar-refractivity contribution in [2.24, 2.45) is 5.10 Å². The van der Waals surface area contributed by atoms with Crippen LogP contribution in [0.5, 0.6) is 0 Å². The zero-order valence-corrected chi connectivity index (χ0v) is 14.8. The van der Waals surface area contributed by atoms with E-state index in [1.54, 1.807) is 6.92 Å². The number of carbonyl (C=O) groups is 1. The lowest BCUT2D eigenvalue weighted by Crippen LogP contribution is -2.21. The smallest absolute Gasteiger partial charge is 0.284 e. The fourth-order valence-corrected chi connectivity index (χ4v) is 2.66. The molecule has 0 unspecified atom stereocenters. The molecule has 2 aromatic carbocycles. The van der Waals surface area contributed by atoms with Crippen molar-refractivity contribution in [2.75, 3.05) is 11.6 Å². The average Bonchev–Trinajstić information content (AvgIpc) is 2.94. The molecule has 7 nitrogen and oxygen atoms in total. The number of non-ortho nitro benzene ring substituents is 1. The number of carbonyl (C=O) groups excluding carboxylic acids is 1. The monoisotopic (exact) mass is 389 g/mol. The van der Waals surface area contributed by atoms with Crippen LogP contribution in [0.25, 0.3) is 6.08 Å². The van der Waals surface area contributed by atoms with Crippen LogP contribution in [-0.4, -0.2) is 23.3 Å². The van der Waals surface area contributed by atoms with Gasteiger partial charge in [-0.2, -0.15) is 5.01 Å². The molecule has 0 spiro atoms. The third-order valence-corrected chi connectivity index (χ3v) is 4.05. The van der Waals surface area contributed by atoms with Crippen LogP contribution < -0.4 is 5.01 Å². The van der Waals surface area contributed by atoms with Crippen molar-refractivity contribution in [1.82, 2.24) is 0 Å². The number of amides is 1. The van der Waals surface area contributed by atoms with Crippen molar-refractivity contribution in [1.29, 1.82) is 0 Å². The number of hydrogen-bond acceptors (Lipinski definition) is 5. The number of nitro benzene ring substituents is 1. The van der Waals surface area contributed by atoms with Gasteiger partial charge in [0.25, 0.3) is 11.6 Å². The van der Waals surface area contributed by atoms with Crippen LogP contribution in [0.15, 0.2) is 53.1 Å². The number of hydrazone groups is 1. The molecule has 9 heteroatoms. The standard InChI is InChI=1S/C18H13ClFN3O4/c1-2-27-17-14(10-13-15(19)4-3-5-16(13)20)18(24)22(21-17)11-6-8-12(9-7-11)23(25)26/h3-10H,2H2,1H3/b14-10-. The van der Waals surface area contributed by atoms with Gasteiger partial charge in [0.1, 0.15) is 11.4 Å². The van der Waals surface area contributed by atoms with Gasteiger partial charge in [0.2, 0.25) is 5.90 Å². The highest BCUT2D eigenvalue weighted by atomic mass is 35.5. The van der Waals surface area contributed by atoms with Gasteiger partial charge in [0.15, 0.2) is 0 Å². The molecule has 1 amide bonds. The Kier molecular flexibility index (Phi) is 5.18. The maximum atomic E-state index is 14.1. The van der Waals surface area contributed by atoms with Gasteiger partial charge >= 0.3 is 0 Å². The number of benzene rings is 2. The summed E-state index contributed by atoms with van der Waals surface area (Å²) in [7, 11) is 0. The third kappa shape index (κ3) is 3.65. The van der Waals surface area contributed by atoms with Gasteiger partial charge in [0, 0.05) is 17.7 Å². The molecular formula is C18H13ClFN3O4. The van der Waals surface area contributed by atoms with E-state index in [-0.39, 0.29) is 34.4 Å². The fraction of sp³-hybridized carbons (Fsp3) is 0.111. The minimum atomic E-state index is -0.590. The third-order valence-electron chi connectivity index (χ3n) is 3.72. The molecule has 1 aliphatic heterocycles. The average molecular weight is 390 g/mol. The van der Waals surface area contributed by atoms with E-state index in [0.29, 0.717) is 5.69 Å². The minimum absolute atomic E-state index is 0.0140. The zero-order chi connectivity index (χ0) is 19.6. The van der Waals surface area contributed by atoms with Gasteiger partial charge in [-0.25, -0.2) is 4.39 Å². The Morgan fingerprint density at radius 3 is 2.59 bits per heavy atom. The summed E-state index contributed by atoms with van der Waals surface area (Å²) < 4.78 is 19.5. The van der Waals surface area contributed by atoms with Crippen LogP contribution in [0.2, 0.25) is 5.02 Å². The maximum absolute atomic E-state index is 14.1. The molecule has 27 heavy (non-hydrogen) atoms. The van der Waals surface area contributed by atoms with E-state index >= 15 is 0 Å². The van der Waals surface area contributed by atoms with Crippen LogP contribution in [-0.2, 0) is 9.53 Å². The number of nitro groups is 1. The van der Waals surface area contributed by atoms with E-state index in [2.05, 4.69) is 5.10 Å². The van der Waals surface area contributed by atoms with E-state index in [1.807, 2.05) is 0 Å². The molecule has 0 bridgehead atoms. The normalized spacial score (nSPS) is 15.2. The molecular weight excluding hydrogens is 377 g/mol. The number of hydrogen-bond donors (Lipinski definition) is 0. The van der Waals surface area contributed by atoms with Crippen LogP contribution in [0.1, 0.15) is 12.5 Å². The van der Waals surface area contributed by atoms with Crippen molar-refractivity contribution < 1.29 is 18.8 Å². The first kappa shape index (κ1) is 18.5. The predicted octanol–water partition coefficient (Wildman–Crippen LogP) is 4.17. The molecule has 0 atom stereocenters. The highest BCUT2D eigenvalue weighted by Gasteiger charge is 2.33. The summed E-state index contributed by atoms with van der Waals surface area (Å²) in [5.41, 5.74) is 0.266. The van der Waals surface area contributed by atoms with Gasteiger partial charge in [-0.15, -0.1) is 5.10 Å². The number of halogens is 2. The molecule has 0 radical (unpaired) electrons. The first-order valence-electron chi connectivity index (χ1n) is 7.88. The first-order valence-corrected chi connectivity index (χ1v) is 8.26. The lowest BCUT2D eigenvalue weighted by atomic mass is 10.1. The van der Waals surface area contributed by atoms with Gasteiger partial charge in [0.05, 0.1) is 22.2 Å². The van der Waals surface area contributed by atoms with Crippen molar-refractivity contribution in [3.05, 3.63) is 74.6 Å². The lowest BCUT2D eigenvalue weighted by Gasteiger charge is -2.10. The predicted molar refractivity (Wildman–Crippen MR) is 99.0 cm³/mol. The van der Waals surface area contributed by atoms with E-state index in [4.69, 9.17) is 16.3 Å². The van der Waals surface area contributed by atoms with E-state index in [9.17, 15) is 19.3 Å². The Bertz CT molecular complexity index is 953. The summed E-state index contributed by atoms with van der Waals surface area (Å²) in [5.74, 6) is -1.14. The van der Waals surface area contributed by atoms with Crippen molar-refractivity contribution in [3.8, 4) is 0 Å². The zero-order valence-electron chi connectivity index (χ0n) is 14.1. The summed E-state index contributed by atoms with van der Waals surface area (Å²) in [6, 6.07) is 9.48. The number of ether oxygens (including phenoxy) is 1. The van der Waals surface area contributed by atoms with Crippen LogP contribution in [0.4, 0.5) is 15.8 Å². The van der Waals surface area contributed by atoms with Crippen molar-refractivity contribution in [3.63, 3.8) is 0 Å². The highest BCUT2D eigenvalue weighted by Crippen LogP contribution is 2.29. The molecule has 0 aliphatic carbocycles. The van der Waals surface area contributed by atoms with E-state index < -0.39 is 16.6 Å². The minimum Gasteiger partial charge on any atom is -0.476 e. The molecule has 0 fully saturated rings. The Morgan fingerprint density at radius 2 is 2.00 bits per heavy atom. The van der Waals surface area contributed by atoms with Crippen molar-refractivity contribution >= 4 is 40.9 Å². The van der Waals surface area contributed by atoms with Gasteiger partial charge in [-0.1, -0.05) is 17.7 Å². The molecule has 1 aliphatic rings.